The van der Waals surface area contributed by atoms with Crippen LogP contribution in [0.25, 0.3) is 0 Å². The highest BCUT2D eigenvalue weighted by atomic mass is 16.6. The highest BCUT2D eigenvalue weighted by molar-refractivity contribution is 5.87. The summed E-state index contributed by atoms with van der Waals surface area (Å²) < 4.78 is 5.11. The smallest absolute Gasteiger partial charge is 0.414 e. The van der Waals surface area contributed by atoms with E-state index in [-0.39, 0.29) is 12.2 Å². The van der Waals surface area contributed by atoms with Gasteiger partial charge < -0.3 is 4.74 Å². The van der Waals surface area contributed by atoms with Gasteiger partial charge in [0.1, 0.15) is 0 Å². The van der Waals surface area contributed by atoms with Crippen molar-refractivity contribution in [2.24, 2.45) is 0 Å². The zero-order valence-electron chi connectivity index (χ0n) is 10.4. The predicted molar refractivity (Wildman–Crippen MR) is 65.8 cm³/mol. The Kier molecular flexibility index (Phi) is 4.35. The van der Waals surface area contributed by atoms with Crippen molar-refractivity contribution in [1.29, 1.82) is 0 Å². The molecule has 0 aliphatic heterocycles. The van der Waals surface area contributed by atoms with Crippen molar-refractivity contribution in [3.05, 3.63) is 29.8 Å². The van der Waals surface area contributed by atoms with E-state index < -0.39 is 0 Å². The summed E-state index contributed by atoms with van der Waals surface area (Å²) in [6.07, 6.45) is 0.588. The van der Waals surface area contributed by atoms with Crippen molar-refractivity contribution in [2.45, 2.75) is 33.3 Å². The Hall–Kier alpha value is -1.51. The lowest BCUT2D eigenvalue weighted by Gasteiger charge is -2.18. The van der Waals surface area contributed by atoms with Crippen LogP contribution in [0, 0.1) is 0 Å². The van der Waals surface area contributed by atoms with Gasteiger partial charge in [-0.05, 0) is 38.0 Å². The highest BCUT2D eigenvalue weighted by Gasteiger charge is 2.13. The second-order valence-corrected chi connectivity index (χ2v) is 4.01. The largest absolute Gasteiger partial charge is 0.446 e. The van der Waals surface area contributed by atoms with Gasteiger partial charge in [-0.15, -0.1) is 0 Å². The number of ether oxygens (including phenoxy) is 1. The molecule has 3 heteroatoms. The zero-order valence-corrected chi connectivity index (χ0v) is 10.4. The van der Waals surface area contributed by atoms with Crippen LogP contribution in [0.15, 0.2) is 24.3 Å². The third-order valence-electron chi connectivity index (χ3n) is 2.34. The van der Waals surface area contributed by atoms with Crippen LogP contribution >= 0.6 is 0 Å². The van der Waals surface area contributed by atoms with Gasteiger partial charge in [0.05, 0.1) is 6.10 Å². The van der Waals surface area contributed by atoms with E-state index in [1.807, 2.05) is 38.1 Å². The summed E-state index contributed by atoms with van der Waals surface area (Å²) in [5, 5.41) is 0. The number of aryl methyl sites for hydroxylation is 1. The van der Waals surface area contributed by atoms with E-state index in [2.05, 4.69) is 6.92 Å². The van der Waals surface area contributed by atoms with Crippen LogP contribution in [-0.4, -0.2) is 19.2 Å². The van der Waals surface area contributed by atoms with Crippen LogP contribution in [0.5, 0.6) is 0 Å². The van der Waals surface area contributed by atoms with E-state index in [9.17, 15) is 4.79 Å². The molecule has 0 N–H and O–H groups in total. The van der Waals surface area contributed by atoms with Gasteiger partial charge >= 0.3 is 6.09 Å². The molecular weight excluding hydrogens is 202 g/mol. The van der Waals surface area contributed by atoms with E-state index in [4.69, 9.17) is 4.74 Å². The molecule has 0 atom stereocenters. The Balaban J connectivity index is 2.72. The van der Waals surface area contributed by atoms with Crippen molar-refractivity contribution in [3.63, 3.8) is 0 Å². The number of anilines is 1. The number of carbonyl (C=O) groups is 1. The van der Waals surface area contributed by atoms with Crippen molar-refractivity contribution in [3.8, 4) is 0 Å². The van der Waals surface area contributed by atoms with Crippen LogP contribution < -0.4 is 4.90 Å². The monoisotopic (exact) mass is 221 g/mol. The molecule has 0 heterocycles. The molecule has 0 aliphatic carbocycles. The molecule has 88 valence electrons. The molecular formula is C13H19NO2. The molecule has 0 saturated carbocycles. The van der Waals surface area contributed by atoms with Crippen LogP contribution in [-0.2, 0) is 11.2 Å². The molecule has 1 aromatic rings. The molecule has 0 spiro atoms. The Bertz CT molecular complexity index is 343. The number of rotatable bonds is 3. The van der Waals surface area contributed by atoms with Gasteiger partial charge in [-0.1, -0.05) is 19.1 Å². The molecule has 0 saturated heterocycles. The maximum absolute atomic E-state index is 11.6. The van der Waals surface area contributed by atoms with Gasteiger partial charge in [0.25, 0.3) is 0 Å². The van der Waals surface area contributed by atoms with Crippen molar-refractivity contribution < 1.29 is 9.53 Å². The molecule has 0 bridgehead atoms. The molecule has 3 nitrogen and oxygen atoms in total. The average Bonchev–Trinajstić information content (AvgIpc) is 2.27. The molecule has 16 heavy (non-hydrogen) atoms. The zero-order chi connectivity index (χ0) is 12.1. The van der Waals surface area contributed by atoms with Crippen molar-refractivity contribution in [1.82, 2.24) is 0 Å². The van der Waals surface area contributed by atoms with Crippen LogP contribution in [0.4, 0.5) is 10.5 Å². The molecule has 0 radical (unpaired) electrons. The van der Waals surface area contributed by atoms with E-state index in [1.165, 1.54) is 10.5 Å². The van der Waals surface area contributed by atoms with Gasteiger partial charge in [-0.2, -0.15) is 0 Å². The third kappa shape index (κ3) is 3.26. The first-order valence-electron chi connectivity index (χ1n) is 5.58. The summed E-state index contributed by atoms with van der Waals surface area (Å²) in [5.41, 5.74) is 2.11. The Labute approximate surface area is 97.0 Å². The van der Waals surface area contributed by atoms with E-state index in [0.29, 0.717) is 0 Å². The number of carbonyl (C=O) groups excluding carboxylic acids is 1. The maximum Gasteiger partial charge on any atom is 0.414 e. The Morgan fingerprint density at radius 2 is 1.88 bits per heavy atom. The van der Waals surface area contributed by atoms with E-state index in [1.54, 1.807) is 7.05 Å². The van der Waals surface area contributed by atoms with Gasteiger partial charge in [0.2, 0.25) is 0 Å². The molecule has 1 amide bonds. The fraction of sp³-hybridized carbons (Fsp3) is 0.462. The van der Waals surface area contributed by atoms with Gasteiger partial charge in [0, 0.05) is 12.7 Å². The van der Waals surface area contributed by atoms with Crippen LogP contribution in [0.2, 0.25) is 0 Å². The van der Waals surface area contributed by atoms with Crippen LogP contribution in [0.3, 0.4) is 0 Å². The van der Waals surface area contributed by atoms with E-state index >= 15 is 0 Å². The first kappa shape index (κ1) is 12.6. The minimum absolute atomic E-state index is 0.0927. The Morgan fingerprint density at radius 3 is 2.31 bits per heavy atom. The number of amides is 1. The Morgan fingerprint density at radius 1 is 1.31 bits per heavy atom. The maximum atomic E-state index is 11.6. The lowest BCUT2D eigenvalue weighted by molar-refractivity contribution is 0.124. The SMILES string of the molecule is CCc1ccc(N(C)C(=O)OC(C)C)cc1. The van der Waals surface area contributed by atoms with Gasteiger partial charge in [-0.25, -0.2) is 4.79 Å². The van der Waals surface area contributed by atoms with Crippen molar-refractivity contribution >= 4 is 11.8 Å². The first-order chi connectivity index (χ1) is 7.54. The molecule has 0 unspecified atom stereocenters. The standard InChI is InChI=1S/C13H19NO2/c1-5-11-6-8-12(9-7-11)14(4)13(15)16-10(2)3/h6-10H,5H2,1-4H3. The summed E-state index contributed by atoms with van der Waals surface area (Å²) in [5.74, 6) is 0. The fourth-order valence-electron chi connectivity index (χ4n) is 1.34. The average molecular weight is 221 g/mol. The third-order valence-corrected chi connectivity index (χ3v) is 2.34. The van der Waals surface area contributed by atoms with Gasteiger partial charge in [0.15, 0.2) is 0 Å². The molecule has 1 rings (SSSR count). The number of hydrogen-bond donors (Lipinski definition) is 0. The molecule has 0 fully saturated rings. The van der Waals surface area contributed by atoms with E-state index in [0.717, 1.165) is 12.1 Å². The first-order valence-corrected chi connectivity index (χ1v) is 5.58. The summed E-state index contributed by atoms with van der Waals surface area (Å²) in [4.78, 5) is 13.1. The normalized spacial score (nSPS) is 10.3. The summed E-state index contributed by atoms with van der Waals surface area (Å²) >= 11 is 0. The van der Waals surface area contributed by atoms with Crippen molar-refractivity contribution in [2.75, 3.05) is 11.9 Å². The summed E-state index contributed by atoms with van der Waals surface area (Å²) in [6, 6.07) is 7.91. The molecule has 0 aromatic heterocycles. The highest BCUT2D eigenvalue weighted by Crippen LogP contribution is 2.15. The second kappa shape index (κ2) is 5.54. The topological polar surface area (TPSA) is 29.5 Å². The van der Waals surface area contributed by atoms with Crippen LogP contribution in [0.1, 0.15) is 26.3 Å². The molecule has 1 aromatic carbocycles. The van der Waals surface area contributed by atoms with Gasteiger partial charge in [-0.3, -0.25) is 4.90 Å². The summed E-state index contributed by atoms with van der Waals surface area (Å²) in [7, 11) is 1.71. The minimum atomic E-state index is -0.320. The summed E-state index contributed by atoms with van der Waals surface area (Å²) in [6.45, 7) is 5.78. The lowest BCUT2D eigenvalue weighted by Crippen LogP contribution is -2.29. The number of hydrogen-bond acceptors (Lipinski definition) is 2. The minimum Gasteiger partial charge on any atom is -0.446 e. The lowest BCUT2D eigenvalue weighted by atomic mass is 10.1. The number of nitrogens with zero attached hydrogens (tertiary/aromatic N) is 1. The number of benzene rings is 1. The molecule has 0 aliphatic rings. The fourth-order valence-corrected chi connectivity index (χ4v) is 1.34. The quantitative estimate of drug-likeness (QED) is 0.784. The predicted octanol–water partition coefficient (Wildman–Crippen LogP) is 3.23. The second-order valence-electron chi connectivity index (χ2n) is 4.01.